The second-order valence-electron chi connectivity index (χ2n) is 4.74. The highest BCUT2D eigenvalue weighted by atomic mass is 35.5. The Kier molecular flexibility index (Phi) is 5.08. The van der Waals surface area contributed by atoms with Crippen molar-refractivity contribution in [3.8, 4) is 0 Å². The van der Waals surface area contributed by atoms with Crippen LogP contribution in [0.3, 0.4) is 0 Å². The lowest BCUT2D eigenvalue weighted by molar-refractivity contribution is 0.293. The molecule has 0 aliphatic carbocycles. The number of rotatable bonds is 6. The summed E-state index contributed by atoms with van der Waals surface area (Å²) in [5.74, 6) is 1.58. The van der Waals surface area contributed by atoms with Crippen molar-refractivity contribution in [3.05, 3.63) is 26.7 Å². The van der Waals surface area contributed by atoms with Crippen molar-refractivity contribution in [1.82, 2.24) is 24.0 Å². The minimum absolute atomic E-state index is 0.325. The molecule has 2 rings (SSSR count). The van der Waals surface area contributed by atoms with Gasteiger partial charge in [0.05, 0.1) is 6.54 Å². The Labute approximate surface area is 131 Å². The van der Waals surface area contributed by atoms with E-state index in [2.05, 4.69) is 9.97 Å². The highest BCUT2D eigenvalue weighted by Crippen LogP contribution is 2.07. The quantitative estimate of drug-likeness (QED) is 0.768. The van der Waals surface area contributed by atoms with Gasteiger partial charge in [-0.25, -0.2) is 9.78 Å². The minimum Gasteiger partial charge on any atom is -0.335 e. The standard InChI is InChI=1S/C12H17Cl2N5O2/c1-17-10-9(11(20)18(2)12(17)21)15-8(16-10)7-19(5-3-13)6-4-14/h3-7H2,1-2H3,(H,15,16). The number of halogens is 2. The molecule has 0 bridgehead atoms. The molecular formula is C12H17Cl2N5O2. The maximum atomic E-state index is 12.1. The number of nitrogens with zero attached hydrogens (tertiary/aromatic N) is 4. The van der Waals surface area contributed by atoms with Gasteiger partial charge in [-0.15, -0.1) is 23.2 Å². The Morgan fingerprint density at radius 2 is 1.76 bits per heavy atom. The van der Waals surface area contributed by atoms with Gasteiger partial charge in [-0.2, -0.15) is 0 Å². The van der Waals surface area contributed by atoms with Crippen LogP contribution < -0.4 is 11.2 Å². The Balaban J connectivity index is 2.44. The summed E-state index contributed by atoms with van der Waals surface area (Å²) in [6.07, 6.45) is 0. The summed E-state index contributed by atoms with van der Waals surface area (Å²) >= 11 is 11.5. The molecule has 0 unspecified atom stereocenters. The number of alkyl halides is 2. The van der Waals surface area contributed by atoms with Crippen molar-refractivity contribution >= 4 is 34.4 Å². The molecule has 0 aromatic carbocycles. The Morgan fingerprint density at radius 3 is 2.33 bits per heavy atom. The van der Waals surface area contributed by atoms with Crippen molar-refractivity contribution in [3.63, 3.8) is 0 Å². The number of nitrogens with one attached hydrogen (secondary N) is 1. The van der Waals surface area contributed by atoms with E-state index in [-0.39, 0.29) is 5.56 Å². The van der Waals surface area contributed by atoms with Gasteiger partial charge in [0.25, 0.3) is 5.56 Å². The van der Waals surface area contributed by atoms with Gasteiger partial charge in [0.1, 0.15) is 11.3 Å². The van der Waals surface area contributed by atoms with Gasteiger partial charge in [0.2, 0.25) is 0 Å². The molecule has 2 heterocycles. The molecule has 0 atom stereocenters. The number of aromatic amines is 1. The number of fused-ring (bicyclic) bond motifs is 1. The summed E-state index contributed by atoms with van der Waals surface area (Å²) < 4.78 is 2.41. The van der Waals surface area contributed by atoms with E-state index >= 15 is 0 Å². The van der Waals surface area contributed by atoms with Crippen molar-refractivity contribution in [2.75, 3.05) is 24.8 Å². The van der Waals surface area contributed by atoms with Gasteiger partial charge in [-0.3, -0.25) is 18.8 Å². The molecule has 0 aliphatic heterocycles. The smallest absolute Gasteiger partial charge is 0.332 e. The molecule has 0 fully saturated rings. The largest absolute Gasteiger partial charge is 0.335 e. The Bertz CT molecular complexity index is 742. The van der Waals surface area contributed by atoms with Crippen LogP contribution in [0.1, 0.15) is 5.82 Å². The molecule has 0 radical (unpaired) electrons. The summed E-state index contributed by atoms with van der Waals surface area (Å²) in [6, 6.07) is 0. The van der Waals surface area contributed by atoms with E-state index in [0.717, 1.165) is 4.57 Å². The monoisotopic (exact) mass is 333 g/mol. The molecule has 0 spiro atoms. The van der Waals surface area contributed by atoms with E-state index in [1.165, 1.54) is 11.6 Å². The van der Waals surface area contributed by atoms with Crippen molar-refractivity contribution in [1.29, 1.82) is 0 Å². The van der Waals surface area contributed by atoms with E-state index in [9.17, 15) is 9.59 Å². The summed E-state index contributed by atoms with van der Waals surface area (Å²) in [4.78, 5) is 33.3. The van der Waals surface area contributed by atoms with Crippen LogP contribution in [0.2, 0.25) is 0 Å². The molecule has 0 saturated heterocycles. The first-order chi connectivity index (χ1) is 9.99. The van der Waals surface area contributed by atoms with Crippen molar-refractivity contribution in [2.24, 2.45) is 14.1 Å². The Hall–Kier alpha value is -1.31. The molecule has 0 amide bonds. The van der Waals surface area contributed by atoms with E-state index in [0.29, 0.717) is 48.4 Å². The number of aromatic nitrogens is 4. The number of hydrogen-bond donors (Lipinski definition) is 1. The fraction of sp³-hybridized carbons (Fsp3) is 0.583. The molecule has 9 heteroatoms. The summed E-state index contributed by atoms with van der Waals surface area (Å²) in [5, 5.41) is 0. The summed E-state index contributed by atoms with van der Waals surface area (Å²) in [7, 11) is 3.03. The highest BCUT2D eigenvalue weighted by Gasteiger charge is 2.15. The molecule has 2 aromatic heterocycles. The first kappa shape index (κ1) is 16.1. The van der Waals surface area contributed by atoms with Gasteiger partial charge < -0.3 is 4.98 Å². The molecule has 2 aromatic rings. The predicted octanol–water partition coefficient (Wildman–Crippen LogP) is 0.240. The number of aryl methyl sites for hydroxylation is 1. The first-order valence-corrected chi connectivity index (χ1v) is 7.55. The van der Waals surface area contributed by atoms with Crippen LogP contribution in [0.15, 0.2) is 9.59 Å². The van der Waals surface area contributed by atoms with E-state index in [1.807, 2.05) is 4.90 Å². The maximum absolute atomic E-state index is 12.1. The topological polar surface area (TPSA) is 75.9 Å². The van der Waals surface area contributed by atoms with Gasteiger partial charge in [0.15, 0.2) is 5.65 Å². The second kappa shape index (κ2) is 6.64. The van der Waals surface area contributed by atoms with Crippen LogP contribution in [0.4, 0.5) is 0 Å². The zero-order chi connectivity index (χ0) is 15.6. The number of hydrogen-bond acceptors (Lipinski definition) is 4. The maximum Gasteiger partial charge on any atom is 0.332 e. The van der Waals surface area contributed by atoms with E-state index < -0.39 is 5.69 Å². The average molecular weight is 334 g/mol. The van der Waals surface area contributed by atoms with Gasteiger partial charge >= 0.3 is 5.69 Å². The zero-order valence-corrected chi connectivity index (χ0v) is 13.4. The molecule has 7 nitrogen and oxygen atoms in total. The van der Waals surface area contributed by atoms with Crippen LogP contribution in [0.25, 0.3) is 11.2 Å². The fourth-order valence-electron chi connectivity index (χ4n) is 2.17. The molecular weight excluding hydrogens is 317 g/mol. The van der Waals surface area contributed by atoms with Crippen LogP contribution in [-0.2, 0) is 20.6 Å². The number of imidazole rings is 1. The van der Waals surface area contributed by atoms with Gasteiger partial charge in [-0.05, 0) is 0 Å². The first-order valence-electron chi connectivity index (χ1n) is 6.48. The minimum atomic E-state index is -0.399. The predicted molar refractivity (Wildman–Crippen MR) is 83.3 cm³/mol. The molecule has 0 saturated carbocycles. The lowest BCUT2D eigenvalue weighted by atomic mass is 10.4. The molecule has 1 N–H and O–H groups in total. The van der Waals surface area contributed by atoms with Crippen molar-refractivity contribution in [2.45, 2.75) is 6.54 Å². The van der Waals surface area contributed by atoms with Crippen LogP contribution in [0.5, 0.6) is 0 Å². The fourth-order valence-corrected chi connectivity index (χ4v) is 2.65. The lowest BCUT2D eigenvalue weighted by Crippen LogP contribution is -2.36. The molecule has 21 heavy (non-hydrogen) atoms. The van der Waals surface area contributed by atoms with Crippen molar-refractivity contribution < 1.29 is 0 Å². The zero-order valence-electron chi connectivity index (χ0n) is 11.9. The third-order valence-electron chi connectivity index (χ3n) is 3.32. The third-order valence-corrected chi connectivity index (χ3v) is 3.66. The number of H-pyrrole nitrogens is 1. The summed E-state index contributed by atoms with van der Waals surface area (Å²) in [5.41, 5.74) is -0.0990. The second-order valence-corrected chi connectivity index (χ2v) is 5.50. The average Bonchev–Trinajstić information content (AvgIpc) is 2.87. The Morgan fingerprint density at radius 1 is 1.14 bits per heavy atom. The normalized spacial score (nSPS) is 11.7. The van der Waals surface area contributed by atoms with Crippen LogP contribution in [-0.4, -0.2) is 48.9 Å². The van der Waals surface area contributed by atoms with Gasteiger partial charge in [-0.1, -0.05) is 0 Å². The highest BCUT2D eigenvalue weighted by molar-refractivity contribution is 6.18. The van der Waals surface area contributed by atoms with E-state index in [4.69, 9.17) is 23.2 Å². The SMILES string of the molecule is Cn1c(=O)c2[nH]c(CN(CCCl)CCCl)nc2n(C)c1=O. The van der Waals surface area contributed by atoms with Crippen LogP contribution >= 0.6 is 23.2 Å². The lowest BCUT2D eigenvalue weighted by Gasteiger charge is -2.18. The molecule has 116 valence electrons. The summed E-state index contributed by atoms with van der Waals surface area (Å²) in [6.45, 7) is 1.83. The van der Waals surface area contributed by atoms with Crippen LogP contribution in [0, 0.1) is 0 Å². The third kappa shape index (κ3) is 3.14. The molecule has 0 aliphatic rings. The van der Waals surface area contributed by atoms with Gasteiger partial charge in [0, 0.05) is 38.9 Å². The van der Waals surface area contributed by atoms with E-state index in [1.54, 1.807) is 7.05 Å².